The maximum absolute atomic E-state index is 13.9. The molecule has 0 bridgehead atoms. The predicted octanol–water partition coefficient (Wildman–Crippen LogP) is 13.7. The number of Topliss-reactive ketones (excluding diaryl/α,β-unsaturated/α-hetero) is 2. The van der Waals surface area contributed by atoms with Crippen LogP contribution in [0.4, 0.5) is 0 Å². The molecule has 5 rings (SSSR count). The van der Waals surface area contributed by atoms with Gasteiger partial charge in [0.15, 0.2) is 11.6 Å². The van der Waals surface area contributed by atoms with Crippen molar-refractivity contribution in [2.24, 2.45) is 21.7 Å². The summed E-state index contributed by atoms with van der Waals surface area (Å²) in [5.74, 6) is 0.204. The van der Waals surface area contributed by atoms with Gasteiger partial charge in [-0.05, 0) is 115 Å². The van der Waals surface area contributed by atoms with Crippen LogP contribution in [0, 0.1) is 21.7 Å². The molecule has 0 amide bonds. The minimum Gasteiger partial charge on any atom is -0.289 e. The maximum Gasteiger partial charge on any atom is 0.186 e. The molecule has 0 unspecified atom stereocenters. The van der Waals surface area contributed by atoms with Gasteiger partial charge in [-0.1, -0.05) is 155 Å². The highest BCUT2D eigenvalue weighted by molar-refractivity contribution is 6.31. The van der Waals surface area contributed by atoms with Gasteiger partial charge in [0.1, 0.15) is 0 Å². The Morgan fingerprint density at radius 3 is 0.750 bits per heavy atom. The number of ketones is 2. The van der Waals surface area contributed by atoms with Gasteiger partial charge in [-0.2, -0.15) is 0 Å². The first kappa shape index (κ1) is 39.2. The van der Waals surface area contributed by atoms with Crippen molar-refractivity contribution in [3.05, 3.63) is 163 Å². The summed E-state index contributed by atoms with van der Waals surface area (Å²) in [7, 11) is 0. The Bertz CT molecular complexity index is 1870. The molecule has 0 saturated heterocycles. The van der Waals surface area contributed by atoms with Crippen LogP contribution in [0.15, 0.2) is 131 Å². The molecule has 0 fully saturated rings. The summed E-state index contributed by atoms with van der Waals surface area (Å²) in [5.41, 5.74) is 9.86. The highest BCUT2D eigenvalue weighted by atomic mass is 35.5. The minimum absolute atomic E-state index is 0.102. The average molecular weight is 732 g/mol. The second-order valence-electron chi connectivity index (χ2n) is 18.1. The largest absolute Gasteiger partial charge is 0.289 e. The molecular weight excluding hydrogens is 679 g/mol. The number of halogens is 2. The lowest BCUT2D eigenvalue weighted by Crippen LogP contribution is -2.28. The van der Waals surface area contributed by atoms with Crippen molar-refractivity contribution in [2.45, 2.75) is 83.1 Å². The molecule has 2 aliphatic rings. The van der Waals surface area contributed by atoms with E-state index in [1.54, 1.807) is 0 Å². The molecule has 0 radical (unpaired) electrons. The summed E-state index contributed by atoms with van der Waals surface area (Å²) in [6, 6.07) is 24.5. The van der Waals surface area contributed by atoms with E-state index >= 15 is 0 Å². The summed E-state index contributed by atoms with van der Waals surface area (Å²) < 4.78 is 0. The number of benzene rings is 3. The summed E-state index contributed by atoms with van der Waals surface area (Å²) >= 11 is 12.8. The van der Waals surface area contributed by atoms with E-state index in [9.17, 15) is 9.59 Å². The molecular formula is C48H52Cl2O2. The maximum atomic E-state index is 13.9. The summed E-state index contributed by atoms with van der Waals surface area (Å²) in [4.78, 5) is 27.8. The third kappa shape index (κ3) is 8.30. The third-order valence-corrected chi connectivity index (χ3v) is 10.2. The zero-order valence-electron chi connectivity index (χ0n) is 32.8. The third-order valence-electron chi connectivity index (χ3n) is 9.72. The van der Waals surface area contributed by atoms with E-state index in [0.29, 0.717) is 10.0 Å². The second kappa shape index (κ2) is 14.1. The van der Waals surface area contributed by atoms with Crippen LogP contribution in [0.2, 0.25) is 10.0 Å². The van der Waals surface area contributed by atoms with Crippen LogP contribution in [0.1, 0.15) is 105 Å². The van der Waals surface area contributed by atoms with E-state index in [1.165, 1.54) is 0 Å². The number of hydrogen-bond acceptors (Lipinski definition) is 2. The van der Waals surface area contributed by atoms with Gasteiger partial charge in [0.05, 0.1) is 0 Å². The van der Waals surface area contributed by atoms with Gasteiger partial charge in [0.25, 0.3) is 0 Å². The van der Waals surface area contributed by atoms with Crippen molar-refractivity contribution in [3.63, 3.8) is 0 Å². The Morgan fingerprint density at radius 1 is 0.365 bits per heavy atom. The van der Waals surface area contributed by atoms with Crippen LogP contribution in [-0.4, -0.2) is 11.6 Å². The molecule has 0 aliphatic heterocycles. The summed E-state index contributed by atoms with van der Waals surface area (Å²) in [5, 5.41) is 1.32. The zero-order valence-corrected chi connectivity index (χ0v) is 34.3. The second-order valence-corrected chi connectivity index (χ2v) is 19.0. The molecule has 2 nitrogen and oxygen atoms in total. The van der Waals surface area contributed by atoms with Crippen molar-refractivity contribution in [3.8, 4) is 0 Å². The Labute approximate surface area is 321 Å². The van der Waals surface area contributed by atoms with Gasteiger partial charge >= 0.3 is 0 Å². The topological polar surface area (TPSA) is 34.1 Å². The Kier molecular flexibility index (Phi) is 10.6. The Hall–Kier alpha value is -3.98. The Balaban J connectivity index is 1.82. The number of rotatable bonds is 4. The molecule has 0 N–H and O–H groups in total. The van der Waals surface area contributed by atoms with E-state index in [0.717, 1.165) is 66.8 Å². The van der Waals surface area contributed by atoms with Crippen molar-refractivity contribution in [1.29, 1.82) is 0 Å². The highest BCUT2D eigenvalue weighted by Crippen LogP contribution is 2.44. The van der Waals surface area contributed by atoms with Gasteiger partial charge in [0, 0.05) is 32.3 Å². The molecule has 0 saturated carbocycles. The molecule has 2 aliphatic carbocycles. The van der Waals surface area contributed by atoms with Crippen molar-refractivity contribution in [2.75, 3.05) is 0 Å². The SMILES string of the molecule is CC(C)(C)C1=CC(=C(c2ccc(Cl)cc2)c2ccc(C(=C3C=C(C(C)(C)C)C(=O)C(C(C)(C)C)=C3)c3ccc(Cl)cc3)cc2)C=C(C(C)(C)C)C1=O. The lowest BCUT2D eigenvalue weighted by Gasteiger charge is -2.32. The fraction of sp³-hybridized carbons (Fsp3) is 0.333. The first-order valence-corrected chi connectivity index (χ1v) is 18.8. The molecule has 0 aromatic heterocycles. The van der Waals surface area contributed by atoms with Gasteiger partial charge in [-0.3, -0.25) is 9.59 Å². The van der Waals surface area contributed by atoms with Gasteiger partial charge in [0.2, 0.25) is 0 Å². The Morgan fingerprint density at radius 2 is 0.558 bits per heavy atom. The summed E-state index contributed by atoms with van der Waals surface area (Å²) in [6.07, 6.45) is 8.31. The number of allylic oxidation sites excluding steroid dienone is 10. The average Bonchev–Trinajstić information content (AvgIpc) is 3.03. The van der Waals surface area contributed by atoms with Gasteiger partial charge in [-0.25, -0.2) is 0 Å². The monoisotopic (exact) mass is 730 g/mol. The highest BCUT2D eigenvalue weighted by Gasteiger charge is 2.36. The van der Waals surface area contributed by atoms with Crippen LogP contribution < -0.4 is 0 Å². The molecule has 52 heavy (non-hydrogen) atoms. The lowest BCUT2D eigenvalue weighted by molar-refractivity contribution is -0.114. The van der Waals surface area contributed by atoms with Crippen LogP contribution in [0.25, 0.3) is 11.1 Å². The van der Waals surface area contributed by atoms with E-state index in [1.807, 2.05) is 48.5 Å². The predicted molar refractivity (Wildman–Crippen MR) is 222 cm³/mol. The van der Waals surface area contributed by atoms with Gasteiger partial charge < -0.3 is 0 Å². The first-order valence-electron chi connectivity index (χ1n) is 18.1. The van der Waals surface area contributed by atoms with Crippen LogP contribution in [0.3, 0.4) is 0 Å². The number of carbonyl (C=O) groups excluding carboxylic acids is 2. The van der Waals surface area contributed by atoms with Gasteiger partial charge in [-0.15, -0.1) is 0 Å². The lowest BCUT2D eigenvalue weighted by atomic mass is 9.70. The van der Waals surface area contributed by atoms with Crippen LogP contribution in [-0.2, 0) is 9.59 Å². The molecule has 3 aromatic carbocycles. The molecule has 0 heterocycles. The van der Waals surface area contributed by atoms with E-state index < -0.39 is 0 Å². The van der Waals surface area contributed by atoms with E-state index in [2.05, 4.69) is 132 Å². The smallest absolute Gasteiger partial charge is 0.186 e. The number of carbonyl (C=O) groups is 2. The molecule has 0 atom stereocenters. The van der Waals surface area contributed by atoms with Crippen LogP contribution in [0.5, 0.6) is 0 Å². The van der Waals surface area contributed by atoms with Crippen molar-refractivity contribution in [1.82, 2.24) is 0 Å². The summed E-state index contributed by atoms with van der Waals surface area (Å²) in [6.45, 7) is 25.2. The standard InChI is InChI=1S/C48H52Cl2O2/c1-45(2,3)37-25-33(26-38(43(37)51)46(4,5)6)41(31-17-21-35(49)22-18-31)29-13-15-30(16-14-29)42(32-19-23-36(50)24-20-32)34-27-39(47(7,8)9)44(52)40(28-34)48(10,11)12/h13-28H,1-12H3. The fourth-order valence-corrected chi connectivity index (χ4v) is 7.06. The molecule has 4 heteroatoms. The van der Waals surface area contributed by atoms with E-state index in [-0.39, 0.29) is 33.2 Å². The quantitative estimate of drug-likeness (QED) is 0.268. The zero-order chi connectivity index (χ0) is 38.6. The number of hydrogen-bond donors (Lipinski definition) is 0. The van der Waals surface area contributed by atoms with E-state index in [4.69, 9.17) is 23.2 Å². The van der Waals surface area contributed by atoms with Crippen molar-refractivity contribution >= 4 is 45.9 Å². The van der Waals surface area contributed by atoms with Crippen molar-refractivity contribution < 1.29 is 9.59 Å². The van der Waals surface area contributed by atoms with Crippen LogP contribution >= 0.6 is 23.2 Å². The molecule has 3 aromatic rings. The first-order chi connectivity index (χ1) is 24.0. The normalized spacial score (nSPS) is 16.0. The molecule has 0 spiro atoms. The minimum atomic E-state index is -0.345. The fourth-order valence-electron chi connectivity index (χ4n) is 6.81. The molecule has 270 valence electrons.